The molecule has 206 valence electrons. The van der Waals surface area contributed by atoms with Crippen LogP contribution in [0.15, 0.2) is 23.1 Å². The van der Waals surface area contributed by atoms with Crippen molar-refractivity contribution < 1.29 is 14.3 Å². The van der Waals surface area contributed by atoms with E-state index in [0.29, 0.717) is 57.6 Å². The van der Waals surface area contributed by atoms with Crippen LogP contribution in [0.5, 0.6) is 5.75 Å². The molecule has 2 atom stereocenters. The fourth-order valence-electron chi connectivity index (χ4n) is 4.51. The number of alkyl halides is 1. The minimum atomic E-state index is -0.575. The van der Waals surface area contributed by atoms with Crippen molar-refractivity contribution in [2.45, 2.75) is 45.8 Å². The zero-order valence-corrected chi connectivity index (χ0v) is 23.6. The highest BCUT2D eigenvalue weighted by molar-refractivity contribution is 6.32. The summed E-state index contributed by atoms with van der Waals surface area (Å²) in [5, 5.41) is 6.52. The molecule has 13 heteroatoms. The van der Waals surface area contributed by atoms with Gasteiger partial charge in [0.15, 0.2) is 5.82 Å². The summed E-state index contributed by atoms with van der Waals surface area (Å²) in [5.41, 5.74) is 1.01. The number of anilines is 3. The first-order chi connectivity index (χ1) is 17.9. The summed E-state index contributed by atoms with van der Waals surface area (Å²) in [4.78, 5) is 38.5. The average Bonchev–Trinajstić information content (AvgIpc) is 3.10. The number of H-pyrrole nitrogens is 1. The van der Waals surface area contributed by atoms with Gasteiger partial charge in [-0.1, -0.05) is 18.5 Å². The number of carbonyl (C=O) groups is 1. The minimum absolute atomic E-state index is 0.122. The summed E-state index contributed by atoms with van der Waals surface area (Å²) in [6, 6.07) is 3.43. The molecule has 3 N–H and O–H groups in total. The maximum absolute atomic E-state index is 12.3. The zero-order chi connectivity index (χ0) is 27.6. The standard InChI is InChI=1S/C25H33Cl2N7O4/c1-14-8-16(30-24(36)38-25(2,3)4)13-34(12-14)22-28-11-17(27)21(32-22)29-15-9-18-20(33(5)23(35)31-18)19(10-15)37-7-6-26/h9-11,14,16H,6-8,12-13H2,1-5H3,(H,30,36)(H,31,35)(H,28,29,32)/t14-,16+/m1/s1. The number of alkyl carbamates (subject to hydrolysis) is 1. The number of imidazole rings is 1. The van der Waals surface area contributed by atoms with Gasteiger partial charge in [-0.15, -0.1) is 11.6 Å². The van der Waals surface area contributed by atoms with Crippen molar-refractivity contribution in [1.82, 2.24) is 24.8 Å². The highest BCUT2D eigenvalue weighted by atomic mass is 35.5. The molecule has 0 radical (unpaired) electrons. The number of aromatic nitrogens is 4. The maximum Gasteiger partial charge on any atom is 0.407 e. The Hall–Kier alpha value is -3.18. The fourth-order valence-corrected chi connectivity index (χ4v) is 4.72. The number of carbonyl (C=O) groups excluding carboxylic acids is 1. The van der Waals surface area contributed by atoms with Crippen molar-refractivity contribution in [2.75, 3.05) is 35.8 Å². The van der Waals surface area contributed by atoms with Gasteiger partial charge < -0.3 is 30.0 Å². The fraction of sp³-hybridized carbons (Fsp3) is 0.520. The van der Waals surface area contributed by atoms with Crippen molar-refractivity contribution in [1.29, 1.82) is 0 Å². The van der Waals surface area contributed by atoms with Gasteiger partial charge in [-0.3, -0.25) is 4.57 Å². The van der Waals surface area contributed by atoms with Gasteiger partial charge in [0.2, 0.25) is 5.95 Å². The van der Waals surface area contributed by atoms with Crippen molar-refractivity contribution in [2.24, 2.45) is 13.0 Å². The molecule has 1 aliphatic heterocycles. The van der Waals surface area contributed by atoms with E-state index in [0.717, 1.165) is 13.0 Å². The number of rotatable bonds is 7. The molecule has 3 heterocycles. The number of nitrogens with one attached hydrogen (secondary N) is 3. The number of nitrogens with zero attached hydrogens (tertiary/aromatic N) is 4. The van der Waals surface area contributed by atoms with Gasteiger partial charge in [0.1, 0.15) is 28.5 Å². The summed E-state index contributed by atoms with van der Waals surface area (Å²) < 4.78 is 12.7. The molecule has 0 aliphatic carbocycles. The van der Waals surface area contributed by atoms with Crippen LogP contribution in [0.1, 0.15) is 34.1 Å². The number of aryl methyl sites for hydroxylation is 1. The van der Waals surface area contributed by atoms with Crippen molar-refractivity contribution in [3.8, 4) is 5.75 Å². The number of benzene rings is 1. The van der Waals surface area contributed by atoms with Gasteiger partial charge in [0, 0.05) is 31.9 Å². The number of aromatic amines is 1. The van der Waals surface area contributed by atoms with Crippen LogP contribution in [0, 0.1) is 5.92 Å². The Morgan fingerprint density at radius 3 is 2.76 bits per heavy atom. The number of hydrogen-bond acceptors (Lipinski definition) is 8. The normalized spacial score (nSPS) is 17.9. The lowest BCUT2D eigenvalue weighted by atomic mass is 9.96. The highest BCUT2D eigenvalue weighted by Crippen LogP contribution is 2.32. The van der Waals surface area contributed by atoms with Crippen molar-refractivity contribution >= 4 is 57.8 Å². The van der Waals surface area contributed by atoms with Gasteiger partial charge in [-0.25, -0.2) is 14.6 Å². The van der Waals surface area contributed by atoms with E-state index < -0.39 is 11.7 Å². The van der Waals surface area contributed by atoms with Gasteiger partial charge in [-0.05, 0) is 39.2 Å². The van der Waals surface area contributed by atoms with Crippen LogP contribution in [0.4, 0.5) is 22.2 Å². The number of amides is 1. The molecular formula is C25H33Cl2N7O4. The Labute approximate surface area is 230 Å². The molecule has 0 unspecified atom stereocenters. The second-order valence-electron chi connectivity index (χ2n) is 10.5. The van der Waals surface area contributed by atoms with Crippen LogP contribution in [-0.4, -0.2) is 62.8 Å². The third-order valence-corrected chi connectivity index (χ3v) is 6.38. The van der Waals surface area contributed by atoms with Crippen LogP contribution < -0.4 is 26.0 Å². The molecule has 4 rings (SSSR count). The molecule has 1 fully saturated rings. The molecule has 3 aromatic rings. The van der Waals surface area contributed by atoms with Crippen LogP contribution in [0.25, 0.3) is 11.0 Å². The minimum Gasteiger partial charge on any atom is -0.490 e. The molecule has 0 spiro atoms. The number of piperidine rings is 1. The summed E-state index contributed by atoms with van der Waals surface area (Å²) in [6.45, 7) is 9.14. The van der Waals surface area contributed by atoms with Crippen LogP contribution >= 0.6 is 23.2 Å². The predicted octanol–water partition coefficient (Wildman–Crippen LogP) is 4.41. The number of hydrogen-bond donors (Lipinski definition) is 3. The monoisotopic (exact) mass is 565 g/mol. The second-order valence-corrected chi connectivity index (χ2v) is 11.3. The van der Waals surface area contributed by atoms with E-state index >= 15 is 0 Å². The molecule has 1 aromatic carbocycles. The molecule has 0 bridgehead atoms. The lowest BCUT2D eigenvalue weighted by Crippen LogP contribution is -2.51. The first-order valence-corrected chi connectivity index (χ1v) is 13.3. The topological polar surface area (TPSA) is 126 Å². The Kier molecular flexibility index (Phi) is 8.27. The van der Waals surface area contributed by atoms with E-state index in [1.54, 1.807) is 19.2 Å². The van der Waals surface area contributed by atoms with Gasteiger partial charge >= 0.3 is 11.8 Å². The highest BCUT2D eigenvalue weighted by Gasteiger charge is 2.29. The van der Waals surface area contributed by atoms with Gasteiger partial charge in [0.05, 0.1) is 23.6 Å². The Morgan fingerprint density at radius 1 is 1.29 bits per heavy atom. The van der Waals surface area contributed by atoms with E-state index in [-0.39, 0.29) is 18.3 Å². The quantitative estimate of drug-likeness (QED) is 0.359. The Balaban J connectivity index is 1.57. The summed E-state index contributed by atoms with van der Waals surface area (Å²) >= 11 is 12.3. The molecule has 11 nitrogen and oxygen atoms in total. The summed E-state index contributed by atoms with van der Waals surface area (Å²) in [6.07, 6.45) is 1.90. The van der Waals surface area contributed by atoms with E-state index in [1.807, 2.05) is 25.7 Å². The lowest BCUT2D eigenvalue weighted by Gasteiger charge is -2.37. The summed E-state index contributed by atoms with van der Waals surface area (Å²) in [7, 11) is 1.67. The van der Waals surface area contributed by atoms with Crippen LogP contribution in [-0.2, 0) is 11.8 Å². The lowest BCUT2D eigenvalue weighted by molar-refractivity contribution is 0.0495. The van der Waals surface area contributed by atoms with E-state index in [9.17, 15) is 9.59 Å². The molecule has 0 saturated carbocycles. The molecule has 38 heavy (non-hydrogen) atoms. The van der Waals surface area contributed by atoms with Gasteiger partial charge in [-0.2, -0.15) is 4.98 Å². The van der Waals surface area contributed by atoms with Crippen molar-refractivity contribution in [3.63, 3.8) is 0 Å². The first-order valence-electron chi connectivity index (χ1n) is 12.4. The smallest absolute Gasteiger partial charge is 0.407 e. The molecular weight excluding hydrogens is 533 g/mol. The largest absolute Gasteiger partial charge is 0.490 e. The predicted molar refractivity (Wildman–Crippen MR) is 149 cm³/mol. The van der Waals surface area contributed by atoms with Crippen LogP contribution in [0.2, 0.25) is 5.02 Å². The molecule has 1 aliphatic rings. The van der Waals surface area contributed by atoms with E-state index in [2.05, 4.69) is 32.5 Å². The number of ether oxygens (including phenoxy) is 2. The summed E-state index contributed by atoms with van der Waals surface area (Å²) in [5.74, 6) is 1.97. The number of fused-ring (bicyclic) bond motifs is 1. The molecule has 1 amide bonds. The Bertz CT molecular complexity index is 1370. The van der Waals surface area contributed by atoms with E-state index in [1.165, 1.54) is 10.8 Å². The third-order valence-electron chi connectivity index (χ3n) is 5.95. The molecule has 2 aromatic heterocycles. The maximum atomic E-state index is 12.3. The SMILES string of the molecule is C[C@@H]1C[C@H](NC(=O)OC(C)(C)C)CN(c2ncc(Cl)c(Nc3cc(OCCCl)c4c(c3)[nH]c(=O)n4C)n2)C1. The average molecular weight is 566 g/mol. The van der Waals surface area contributed by atoms with Crippen molar-refractivity contribution in [3.05, 3.63) is 33.8 Å². The van der Waals surface area contributed by atoms with E-state index in [4.69, 9.17) is 32.7 Å². The third kappa shape index (κ3) is 6.63. The second kappa shape index (κ2) is 11.3. The van der Waals surface area contributed by atoms with Crippen LogP contribution in [0.3, 0.4) is 0 Å². The Morgan fingerprint density at radius 2 is 2.05 bits per heavy atom. The first kappa shape index (κ1) is 27.8. The molecule has 1 saturated heterocycles. The van der Waals surface area contributed by atoms with Gasteiger partial charge in [0.25, 0.3) is 0 Å². The number of halogens is 2. The zero-order valence-electron chi connectivity index (χ0n) is 22.1.